The highest BCUT2D eigenvalue weighted by atomic mass is 32.2. The summed E-state index contributed by atoms with van der Waals surface area (Å²) in [5, 5.41) is 0. The van der Waals surface area contributed by atoms with Gasteiger partial charge < -0.3 is 9.47 Å². The maximum atomic E-state index is 12.6. The maximum absolute atomic E-state index is 12.6. The predicted molar refractivity (Wildman–Crippen MR) is 124 cm³/mol. The molecule has 0 bridgehead atoms. The summed E-state index contributed by atoms with van der Waals surface area (Å²) in [6.45, 7) is 0. The number of rotatable bonds is 9. The normalized spacial score (nSPS) is 13.5. The molecular weight excluding hydrogens is 460 g/mol. The summed E-state index contributed by atoms with van der Waals surface area (Å²) in [4.78, 5) is 8.94. The molecule has 2 aromatic carbocycles. The fourth-order valence-electron chi connectivity index (χ4n) is 2.86. The molecule has 0 radical (unpaired) electrons. The van der Waals surface area contributed by atoms with Crippen molar-refractivity contribution in [3.63, 3.8) is 0 Å². The minimum absolute atomic E-state index is 0.505. The van der Waals surface area contributed by atoms with Gasteiger partial charge in [-0.05, 0) is 49.2 Å². The van der Waals surface area contributed by atoms with E-state index in [1.54, 1.807) is 14.2 Å². The molecule has 4 rings (SSSR count). The van der Waals surface area contributed by atoms with Crippen LogP contribution in [0.15, 0.2) is 45.1 Å². The van der Waals surface area contributed by atoms with Gasteiger partial charge in [0, 0.05) is 11.5 Å². The van der Waals surface area contributed by atoms with E-state index in [9.17, 15) is 8.42 Å². The van der Waals surface area contributed by atoms with Gasteiger partial charge in [0.2, 0.25) is 0 Å². The summed E-state index contributed by atoms with van der Waals surface area (Å²) in [5.41, 5.74) is 1.66. The lowest BCUT2D eigenvalue weighted by Crippen LogP contribution is -2.02. The highest BCUT2D eigenvalue weighted by Gasteiger charge is 2.14. The van der Waals surface area contributed by atoms with Gasteiger partial charge in [0.05, 0.1) is 56.3 Å². The van der Waals surface area contributed by atoms with Crippen molar-refractivity contribution in [1.29, 1.82) is 0 Å². The number of benzene rings is 2. The summed E-state index contributed by atoms with van der Waals surface area (Å²) in [6, 6.07) is 11.3. The van der Waals surface area contributed by atoms with Crippen molar-refractivity contribution in [3.8, 4) is 11.5 Å². The summed E-state index contributed by atoms with van der Waals surface area (Å²) in [6.07, 6.45) is 1.44. The molecule has 0 saturated carbocycles. The summed E-state index contributed by atoms with van der Waals surface area (Å²) in [5.74, 6) is 2.54. The minimum Gasteiger partial charge on any atom is -0.497 e. The molecule has 2 atom stereocenters. The van der Waals surface area contributed by atoms with Crippen LogP contribution in [-0.2, 0) is 21.6 Å². The predicted octanol–water partition coefficient (Wildman–Crippen LogP) is 4.62. The van der Waals surface area contributed by atoms with E-state index in [1.807, 2.05) is 36.4 Å². The number of aromatic nitrogens is 2. The van der Waals surface area contributed by atoms with Crippen LogP contribution in [0, 0.1) is 0 Å². The van der Waals surface area contributed by atoms with Crippen molar-refractivity contribution in [1.82, 2.24) is 9.97 Å². The third-order valence-electron chi connectivity index (χ3n) is 4.45. The number of nitrogens with zero attached hydrogens (tertiary/aromatic N) is 2. The molecule has 30 heavy (non-hydrogen) atoms. The third-order valence-corrected chi connectivity index (χ3v) is 9.97. The molecule has 10 heteroatoms. The van der Waals surface area contributed by atoms with Crippen LogP contribution in [-0.4, -0.2) is 44.1 Å². The molecule has 0 spiro atoms. The van der Waals surface area contributed by atoms with Crippen molar-refractivity contribution in [2.75, 3.05) is 25.7 Å². The Kier molecular flexibility index (Phi) is 6.77. The van der Waals surface area contributed by atoms with Gasteiger partial charge in [-0.25, -0.2) is 9.97 Å². The van der Waals surface area contributed by atoms with Gasteiger partial charge in [-0.2, -0.15) is 0 Å². The number of methoxy groups -OCH3 is 2. The lowest BCUT2D eigenvalue weighted by molar-refractivity contribution is 0.415. The highest BCUT2D eigenvalue weighted by Crippen LogP contribution is 2.29. The largest absolute Gasteiger partial charge is 0.497 e. The van der Waals surface area contributed by atoms with E-state index < -0.39 is 21.6 Å². The van der Waals surface area contributed by atoms with Gasteiger partial charge in [0.15, 0.2) is 8.68 Å². The molecule has 6 nitrogen and oxygen atoms in total. The molecule has 2 aromatic heterocycles. The lowest BCUT2D eigenvalue weighted by atomic mass is 10.3. The summed E-state index contributed by atoms with van der Waals surface area (Å²) >= 11 is 2.86. The van der Waals surface area contributed by atoms with Crippen LogP contribution in [0.3, 0.4) is 0 Å². The van der Waals surface area contributed by atoms with Gasteiger partial charge in [0.1, 0.15) is 11.5 Å². The highest BCUT2D eigenvalue weighted by molar-refractivity contribution is 7.87. The summed E-state index contributed by atoms with van der Waals surface area (Å²) in [7, 11) is 0.924. The smallest absolute Gasteiger partial charge is 0.181 e. The number of ether oxygens (including phenoxy) is 2. The average Bonchev–Trinajstić information content (AvgIpc) is 3.39. The second kappa shape index (κ2) is 9.51. The molecule has 0 fully saturated rings. The zero-order chi connectivity index (χ0) is 21.1. The van der Waals surface area contributed by atoms with E-state index in [0.717, 1.165) is 44.8 Å². The fraction of sp³-hybridized carbons (Fsp3) is 0.300. The first kappa shape index (κ1) is 21.4. The average molecular weight is 481 g/mol. The Labute approximate surface area is 187 Å². The van der Waals surface area contributed by atoms with Crippen LogP contribution in [0.25, 0.3) is 20.4 Å². The molecule has 0 aliphatic rings. The van der Waals surface area contributed by atoms with Gasteiger partial charge in [0.25, 0.3) is 0 Å². The lowest BCUT2D eigenvalue weighted by Gasteiger charge is -1.99. The minimum atomic E-state index is -1.16. The second-order valence-electron chi connectivity index (χ2n) is 6.43. The number of fused-ring (bicyclic) bond motifs is 2. The standard InChI is InChI=1S/C20H20N2O4S4/c1-25-13-5-7-15-17(11-13)27-19(21-15)29(23)9-3-4-10-30(24)20-22-16-8-6-14(26-2)12-18(16)28-20/h5-8,11-12H,3-4,9-10H2,1-2H3. The number of hydrogen-bond donors (Lipinski definition) is 0. The van der Waals surface area contributed by atoms with Crippen LogP contribution in [0.5, 0.6) is 11.5 Å². The zero-order valence-electron chi connectivity index (χ0n) is 16.5. The van der Waals surface area contributed by atoms with Crippen LogP contribution < -0.4 is 9.47 Å². The summed E-state index contributed by atoms with van der Waals surface area (Å²) < 4.78 is 38.8. The topological polar surface area (TPSA) is 78.4 Å². The zero-order valence-corrected chi connectivity index (χ0v) is 19.7. The number of hydrogen-bond acceptors (Lipinski definition) is 8. The first-order valence-corrected chi connectivity index (χ1v) is 13.5. The van der Waals surface area contributed by atoms with Gasteiger partial charge in [-0.3, -0.25) is 8.42 Å². The molecule has 4 aromatic rings. The van der Waals surface area contributed by atoms with Crippen LogP contribution in [0.1, 0.15) is 12.8 Å². The molecule has 0 saturated heterocycles. The van der Waals surface area contributed by atoms with Gasteiger partial charge in [-0.1, -0.05) is 0 Å². The first-order valence-electron chi connectivity index (χ1n) is 9.23. The van der Waals surface area contributed by atoms with E-state index in [4.69, 9.17) is 9.47 Å². The Morgan fingerprint density at radius 1 is 0.767 bits per heavy atom. The molecule has 0 aliphatic carbocycles. The second-order valence-corrected chi connectivity index (χ2v) is 12.0. The first-order chi connectivity index (χ1) is 14.6. The molecular formula is C20H20N2O4S4. The molecule has 2 unspecified atom stereocenters. The van der Waals surface area contributed by atoms with E-state index >= 15 is 0 Å². The van der Waals surface area contributed by atoms with Crippen molar-refractivity contribution in [3.05, 3.63) is 36.4 Å². The number of thiazole rings is 2. The van der Waals surface area contributed by atoms with E-state index in [1.165, 1.54) is 22.7 Å². The Morgan fingerprint density at radius 2 is 1.20 bits per heavy atom. The Morgan fingerprint density at radius 3 is 1.60 bits per heavy atom. The third kappa shape index (κ3) is 4.72. The van der Waals surface area contributed by atoms with Gasteiger partial charge in [-0.15, -0.1) is 22.7 Å². The monoisotopic (exact) mass is 480 g/mol. The van der Waals surface area contributed by atoms with E-state index in [2.05, 4.69) is 9.97 Å². The Hall–Kier alpha value is -1.88. The van der Waals surface area contributed by atoms with E-state index in [-0.39, 0.29) is 0 Å². The maximum Gasteiger partial charge on any atom is 0.181 e. The molecule has 0 N–H and O–H groups in total. The van der Waals surface area contributed by atoms with Crippen molar-refractivity contribution < 1.29 is 17.9 Å². The molecule has 0 aliphatic heterocycles. The van der Waals surface area contributed by atoms with E-state index in [0.29, 0.717) is 20.2 Å². The van der Waals surface area contributed by atoms with Crippen LogP contribution >= 0.6 is 22.7 Å². The molecule has 0 amide bonds. The van der Waals surface area contributed by atoms with Crippen LogP contribution in [0.4, 0.5) is 0 Å². The van der Waals surface area contributed by atoms with Crippen molar-refractivity contribution >= 4 is 64.7 Å². The van der Waals surface area contributed by atoms with Gasteiger partial charge >= 0.3 is 0 Å². The molecule has 158 valence electrons. The van der Waals surface area contributed by atoms with Crippen molar-refractivity contribution in [2.24, 2.45) is 0 Å². The Balaban J connectivity index is 1.31. The SMILES string of the molecule is COc1ccc2nc(S(=O)CCCCS(=O)c3nc4ccc(OC)cc4s3)sc2c1. The quantitative estimate of drug-likeness (QED) is 0.325. The fourth-order valence-corrected chi connectivity index (χ4v) is 7.77. The van der Waals surface area contributed by atoms with Crippen LogP contribution in [0.2, 0.25) is 0 Å². The number of unbranched alkanes of at least 4 members (excludes halogenated alkanes) is 1. The van der Waals surface area contributed by atoms with Crippen molar-refractivity contribution in [2.45, 2.75) is 21.5 Å². The Bertz CT molecular complexity index is 1140. The molecule has 2 heterocycles.